The van der Waals surface area contributed by atoms with Crippen LogP contribution in [0.25, 0.3) is 0 Å². The molecular formula is C58H106O6. The van der Waals surface area contributed by atoms with Crippen molar-refractivity contribution in [2.75, 3.05) is 13.2 Å². The number of esters is 3. The second-order valence-corrected chi connectivity index (χ2v) is 18.8. The van der Waals surface area contributed by atoms with Crippen molar-refractivity contribution >= 4 is 17.9 Å². The van der Waals surface area contributed by atoms with Crippen LogP contribution < -0.4 is 0 Å². The van der Waals surface area contributed by atoms with Gasteiger partial charge in [-0.2, -0.15) is 0 Å². The highest BCUT2D eigenvalue weighted by Gasteiger charge is 2.19. The minimum Gasteiger partial charge on any atom is -0.462 e. The van der Waals surface area contributed by atoms with E-state index in [4.69, 9.17) is 14.2 Å². The number of allylic oxidation sites excluding steroid dienone is 6. The summed E-state index contributed by atoms with van der Waals surface area (Å²) in [5, 5.41) is 0. The Balaban J connectivity index is 4.29. The van der Waals surface area contributed by atoms with Crippen molar-refractivity contribution in [2.24, 2.45) is 0 Å². The molecule has 0 N–H and O–H groups in total. The van der Waals surface area contributed by atoms with Gasteiger partial charge in [-0.05, 0) is 89.9 Å². The van der Waals surface area contributed by atoms with Crippen LogP contribution in [0.4, 0.5) is 0 Å². The summed E-state index contributed by atoms with van der Waals surface area (Å²) in [4.78, 5) is 38.0. The molecule has 1 atom stereocenters. The Morgan fingerprint density at radius 3 is 0.859 bits per heavy atom. The fourth-order valence-corrected chi connectivity index (χ4v) is 8.08. The molecule has 0 heterocycles. The summed E-state index contributed by atoms with van der Waals surface area (Å²) in [6.45, 7) is 6.60. The SMILES string of the molecule is CCCCCC/C=C\CCCC(=O)OCC(COC(=O)CCCCCCCCC/C=C\CCCCCCCCCC)OC(=O)CCCCCCC/C=C\CCCCCCCCCCC. The van der Waals surface area contributed by atoms with Crippen molar-refractivity contribution in [1.29, 1.82) is 0 Å². The van der Waals surface area contributed by atoms with E-state index >= 15 is 0 Å². The summed E-state index contributed by atoms with van der Waals surface area (Å²) < 4.78 is 16.8. The molecule has 64 heavy (non-hydrogen) atoms. The second kappa shape index (κ2) is 53.2. The number of carbonyl (C=O) groups is 3. The summed E-state index contributed by atoms with van der Waals surface area (Å²) in [7, 11) is 0. The zero-order valence-electron chi connectivity index (χ0n) is 42.8. The molecule has 0 aliphatic rings. The Labute approximate surface area is 397 Å². The highest BCUT2D eigenvalue weighted by atomic mass is 16.6. The Hall–Kier alpha value is -2.37. The molecule has 374 valence electrons. The summed E-state index contributed by atoms with van der Waals surface area (Å²) in [5.41, 5.74) is 0. The van der Waals surface area contributed by atoms with Gasteiger partial charge in [0.05, 0.1) is 0 Å². The first kappa shape index (κ1) is 61.6. The van der Waals surface area contributed by atoms with Gasteiger partial charge in [0.2, 0.25) is 0 Å². The number of unbranched alkanes of at least 4 members (excludes halogenated alkanes) is 34. The van der Waals surface area contributed by atoms with Crippen LogP contribution in [0.5, 0.6) is 0 Å². The van der Waals surface area contributed by atoms with E-state index in [2.05, 4.69) is 57.2 Å². The molecule has 0 saturated carbocycles. The largest absolute Gasteiger partial charge is 0.462 e. The Kier molecular flexibility index (Phi) is 51.3. The molecule has 6 heteroatoms. The van der Waals surface area contributed by atoms with Crippen molar-refractivity contribution in [1.82, 2.24) is 0 Å². The molecular weight excluding hydrogens is 793 g/mol. The molecule has 0 aliphatic heterocycles. The third kappa shape index (κ3) is 50.6. The van der Waals surface area contributed by atoms with Crippen LogP contribution in [0.2, 0.25) is 0 Å². The molecule has 0 saturated heterocycles. The average Bonchev–Trinajstić information content (AvgIpc) is 3.29. The molecule has 0 radical (unpaired) electrons. The maximum Gasteiger partial charge on any atom is 0.306 e. The lowest BCUT2D eigenvalue weighted by Gasteiger charge is -2.18. The average molecular weight is 899 g/mol. The third-order valence-corrected chi connectivity index (χ3v) is 12.3. The molecule has 0 fully saturated rings. The molecule has 0 aromatic heterocycles. The van der Waals surface area contributed by atoms with E-state index in [0.29, 0.717) is 19.3 Å². The smallest absolute Gasteiger partial charge is 0.306 e. The minimum atomic E-state index is -0.786. The van der Waals surface area contributed by atoms with Crippen LogP contribution in [0.1, 0.15) is 297 Å². The van der Waals surface area contributed by atoms with E-state index in [-0.39, 0.29) is 31.1 Å². The van der Waals surface area contributed by atoms with Crippen molar-refractivity contribution in [2.45, 2.75) is 303 Å². The van der Waals surface area contributed by atoms with Crippen LogP contribution in [0, 0.1) is 0 Å². The van der Waals surface area contributed by atoms with E-state index in [9.17, 15) is 14.4 Å². The molecule has 0 spiro atoms. The Morgan fingerprint density at radius 1 is 0.297 bits per heavy atom. The quantitative estimate of drug-likeness (QED) is 0.0262. The second-order valence-electron chi connectivity index (χ2n) is 18.8. The van der Waals surface area contributed by atoms with Gasteiger partial charge >= 0.3 is 17.9 Å². The molecule has 1 unspecified atom stereocenters. The monoisotopic (exact) mass is 899 g/mol. The first-order valence-electron chi connectivity index (χ1n) is 28.0. The maximum atomic E-state index is 12.8. The van der Waals surface area contributed by atoms with Crippen LogP contribution in [0.3, 0.4) is 0 Å². The van der Waals surface area contributed by atoms with Crippen LogP contribution in [-0.4, -0.2) is 37.2 Å². The van der Waals surface area contributed by atoms with Gasteiger partial charge in [-0.3, -0.25) is 14.4 Å². The Morgan fingerprint density at radius 2 is 0.531 bits per heavy atom. The van der Waals surface area contributed by atoms with Gasteiger partial charge in [-0.1, -0.05) is 224 Å². The van der Waals surface area contributed by atoms with Gasteiger partial charge in [0.1, 0.15) is 13.2 Å². The first-order valence-corrected chi connectivity index (χ1v) is 28.0. The van der Waals surface area contributed by atoms with Crippen LogP contribution >= 0.6 is 0 Å². The molecule has 0 bridgehead atoms. The summed E-state index contributed by atoms with van der Waals surface area (Å²) in [6, 6.07) is 0. The van der Waals surface area contributed by atoms with Gasteiger partial charge in [-0.25, -0.2) is 0 Å². The lowest BCUT2D eigenvalue weighted by molar-refractivity contribution is -0.167. The number of hydrogen-bond acceptors (Lipinski definition) is 6. The van der Waals surface area contributed by atoms with Crippen LogP contribution in [0.15, 0.2) is 36.5 Å². The molecule has 0 aliphatic carbocycles. The Bertz CT molecular complexity index is 1080. The molecule has 0 aromatic carbocycles. The maximum absolute atomic E-state index is 12.8. The highest BCUT2D eigenvalue weighted by Crippen LogP contribution is 2.15. The van der Waals surface area contributed by atoms with Crippen molar-refractivity contribution < 1.29 is 28.6 Å². The van der Waals surface area contributed by atoms with E-state index in [1.807, 2.05) is 0 Å². The van der Waals surface area contributed by atoms with Gasteiger partial charge < -0.3 is 14.2 Å². The molecule has 6 nitrogen and oxygen atoms in total. The summed E-state index contributed by atoms with van der Waals surface area (Å²) in [6.07, 6.45) is 62.9. The van der Waals surface area contributed by atoms with Crippen molar-refractivity contribution in [3.8, 4) is 0 Å². The predicted octanol–water partition coefficient (Wildman–Crippen LogP) is 18.5. The predicted molar refractivity (Wildman–Crippen MR) is 275 cm³/mol. The first-order chi connectivity index (χ1) is 31.5. The lowest BCUT2D eigenvalue weighted by Crippen LogP contribution is -2.30. The fourth-order valence-electron chi connectivity index (χ4n) is 8.08. The van der Waals surface area contributed by atoms with E-state index in [1.165, 1.54) is 186 Å². The molecule has 0 amide bonds. The zero-order chi connectivity index (χ0) is 46.5. The molecule has 0 rings (SSSR count). The minimum absolute atomic E-state index is 0.0845. The zero-order valence-corrected chi connectivity index (χ0v) is 42.8. The standard InChI is InChI=1S/C58H106O6/c1-4-7-10-13-16-19-21-23-25-27-29-31-32-34-36-39-42-45-48-51-57(60)63-54-55(53-62-56(59)50-47-44-41-38-18-15-12-9-6-3)64-58(61)52-49-46-43-40-37-35-33-30-28-26-24-22-20-17-14-11-8-5-2/h27,29-30,33,38,41,55H,4-26,28,31-32,34-37,39-40,42-54H2,1-3H3/b29-27-,33-30-,41-38-. The van der Waals surface area contributed by atoms with E-state index in [1.54, 1.807) is 0 Å². The van der Waals surface area contributed by atoms with Gasteiger partial charge in [0.25, 0.3) is 0 Å². The summed E-state index contributed by atoms with van der Waals surface area (Å²) >= 11 is 0. The number of hydrogen-bond donors (Lipinski definition) is 0. The van der Waals surface area contributed by atoms with E-state index in [0.717, 1.165) is 70.6 Å². The summed E-state index contributed by atoms with van der Waals surface area (Å²) in [5.74, 6) is -0.922. The number of ether oxygens (including phenoxy) is 3. The topological polar surface area (TPSA) is 78.9 Å². The normalized spacial score (nSPS) is 12.2. The number of carbonyl (C=O) groups excluding carboxylic acids is 3. The fraction of sp³-hybridized carbons (Fsp3) is 0.845. The van der Waals surface area contributed by atoms with E-state index < -0.39 is 6.10 Å². The number of rotatable bonds is 51. The lowest BCUT2D eigenvalue weighted by atomic mass is 10.1. The van der Waals surface area contributed by atoms with Gasteiger partial charge in [0.15, 0.2) is 6.10 Å². The van der Waals surface area contributed by atoms with Gasteiger partial charge in [-0.15, -0.1) is 0 Å². The van der Waals surface area contributed by atoms with Crippen LogP contribution in [-0.2, 0) is 28.6 Å². The third-order valence-electron chi connectivity index (χ3n) is 12.3. The van der Waals surface area contributed by atoms with Crippen molar-refractivity contribution in [3.05, 3.63) is 36.5 Å². The molecule has 0 aromatic rings. The highest BCUT2D eigenvalue weighted by molar-refractivity contribution is 5.71. The van der Waals surface area contributed by atoms with Gasteiger partial charge in [0, 0.05) is 19.3 Å². The van der Waals surface area contributed by atoms with Crippen molar-refractivity contribution in [3.63, 3.8) is 0 Å².